The van der Waals surface area contributed by atoms with Crippen LogP contribution in [0.15, 0.2) is 18.5 Å². The molecule has 4 nitrogen and oxygen atoms in total. The third-order valence-electron chi connectivity index (χ3n) is 3.03. The molecular formula is C12H22N4. The molecule has 1 heterocycles. The van der Waals surface area contributed by atoms with Gasteiger partial charge in [-0.25, -0.2) is 0 Å². The van der Waals surface area contributed by atoms with Crippen molar-refractivity contribution in [1.29, 1.82) is 0 Å². The standard InChI is InChI=1S/C12H22N4/c1-10(8-14-12-4-5-12)13-9-11(2)16-7-3-6-15-16/h3,6-7,10-14H,4-5,8-9H2,1-2H3. The Kier molecular flexibility index (Phi) is 3.96. The summed E-state index contributed by atoms with van der Waals surface area (Å²) in [6.07, 6.45) is 6.56. The second kappa shape index (κ2) is 5.46. The molecule has 1 aliphatic rings. The lowest BCUT2D eigenvalue weighted by Gasteiger charge is -2.18. The molecule has 1 aromatic heterocycles. The minimum absolute atomic E-state index is 0.415. The average molecular weight is 222 g/mol. The largest absolute Gasteiger partial charge is 0.312 e. The topological polar surface area (TPSA) is 41.9 Å². The van der Waals surface area contributed by atoms with Gasteiger partial charge in [0.05, 0.1) is 6.04 Å². The van der Waals surface area contributed by atoms with Crippen molar-refractivity contribution in [1.82, 2.24) is 20.4 Å². The summed E-state index contributed by atoms with van der Waals surface area (Å²) in [6.45, 7) is 6.44. The van der Waals surface area contributed by atoms with Gasteiger partial charge in [-0.05, 0) is 32.8 Å². The van der Waals surface area contributed by atoms with Gasteiger partial charge in [-0.1, -0.05) is 0 Å². The van der Waals surface area contributed by atoms with Crippen LogP contribution in [0.4, 0.5) is 0 Å². The zero-order valence-electron chi connectivity index (χ0n) is 10.2. The summed E-state index contributed by atoms with van der Waals surface area (Å²) in [7, 11) is 0. The van der Waals surface area contributed by atoms with Gasteiger partial charge in [0.25, 0.3) is 0 Å². The number of nitrogens with one attached hydrogen (secondary N) is 2. The van der Waals surface area contributed by atoms with E-state index in [2.05, 4.69) is 29.6 Å². The molecule has 0 aromatic carbocycles. The van der Waals surface area contributed by atoms with Crippen molar-refractivity contribution in [3.05, 3.63) is 18.5 Å². The molecular weight excluding hydrogens is 200 g/mol. The van der Waals surface area contributed by atoms with Crippen LogP contribution in [0, 0.1) is 0 Å². The van der Waals surface area contributed by atoms with Crippen LogP contribution in [-0.4, -0.2) is 35.0 Å². The smallest absolute Gasteiger partial charge is 0.0615 e. The Bertz CT molecular complexity index is 292. The molecule has 2 atom stereocenters. The quantitative estimate of drug-likeness (QED) is 0.728. The Labute approximate surface area is 97.4 Å². The third kappa shape index (κ3) is 3.61. The Morgan fingerprint density at radius 3 is 2.81 bits per heavy atom. The fraction of sp³-hybridized carbons (Fsp3) is 0.750. The number of aromatic nitrogens is 2. The Hall–Kier alpha value is -0.870. The van der Waals surface area contributed by atoms with Crippen molar-refractivity contribution in [2.24, 2.45) is 0 Å². The second-order valence-corrected chi connectivity index (χ2v) is 4.83. The van der Waals surface area contributed by atoms with E-state index in [1.807, 2.05) is 23.1 Å². The Balaban J connectivity index is 1.61. The van der Waals surface area contributed by atoms with Crippen molar-refractivity contribution in [2.45, 2.75) is 44.8 Å². The van der Waals surface area contributed by atoms with Gasteiger partial charge in [-0.3, -0.25) is 4.68 Å². The van der Waals surface area contributed by atoms with Gasteiger partial charge in [0, 0.05) is 37.6 Å². The highest BCUT2D eigenvalue weighted by Crippen LogP contribution is 2.18. The maximum atomic E-state index is 4.24. The highest BCUT2D eigenvalue weighted by molar-refractivity contribution is 4.83. The van der Waals surface area contributed by atoms with Crippen molar-refractivity contribution in [3.8, 4) is 0 Å². The van der Waals surface area contributed by atoms with E-state index in [1.165, 1.54) is 12.8 Å². The molecule has 1 fully saturated rings. The molecule has 1 saturated carbocycles. The summed E-state index contributed by atoms with van der Waals surface area (Å²) < 4.78 is 1.99. The molecule has 16 heavy (non-hydrogen) atoms. The highest BCUT2D eigenvalue weighted by atomic mass is 15.3. The predicted molar refractivity (Wildman–Crippen MR) is 65.4 cm³/mol. The van der Waals surface area contributed by atoms with Crippen LogP contribution < -0.4 is 10.6 Å². The number of nitrogens with zero attached hydrogens (tertiary/aromatic N) is 2. The van der Waals surface area contributed by atoms with Crippen LogP contribution in [0.3, 0.4) is 0 Å². The van der Waals surface area contributed by atoms with E-state index in [9.17, 15) is 0 Å². The van der Waals surface area contributed by atoms with Crippen LogP contribution >= 0.6 is 0 Å². The number of hydrogen-bond acceptors (Lipinski definition) is 3. The molecule has 0 aliphatic heterocycles. The molecule has 2 N–H and O–H groups in total. The number of rotatable bonds is 7. The molecule has 0 spiro atoms. The zero-order chi connectivity index (χ0) is 11.4. The van der Waals surface area contributed by atoms with E-state index in [4.69, 9.17) is 0 Å². The molecule has 0 saturated heterocycles. The van der Waals surface area contributed by atoms with Gasteiger partial charge in [0.15, 0.2) is 0 Å². The molecule has 0 bridgehead atoms. The molecule has 4 heteroatoms. The summed E-state index contributed by atoms with van der Waals surface area (Å²) >= 11 is 0. The van der Waals surface area contributed by atoms with Crippen molar-refractivity contribution >= 4 is 0 Å². The van der Waals surface area contributed by atoms with E-state index in [-0.39, 0.29) is 0 Å². The first-order valence-corrected chi connectivity index (χ1v) is 6.21. The maximum Gasteiger partial charge on any atom is 0.0615 e. The monoisotopic (exact) mass is 222 g/mol. The minimum atomic E-state index is 0.415. The fourth-order valence-electron chi connectivity index (χ4n) is 1.71. The van der Waals surface area contributed by atoms with E-state index in [0.29, 0.717) is 12.1 Å². The van der Waals surface area contributed by atoms with Crippen LogP contribution in [0.5, 0.6) is 0 Å². The lowest BCUT2D eigenvalue weighted by Crippen LogP contribution is -2.39. The van der Waals surface area contributed by atoms with Gasteiger partial charge in [0.1, 0.15) is 0 Å². The third-order valence-corrected chi connectivity index (χ3v) is 3.03. The maximum absolute atomic E-state index is 4.24. The molecule has 2 unspecified atom stereocenters. The molecule has 0 radical (unpaired) electrons. The first kappa shape index (κ1) is 11.6. The van der Waals surface area contributed by atoms with Crippen LogP contribution in [0.2, 0.25) is 0 Å². The first-order chi connectivity index (χ1) is 7.75. The van der Waals surface area contributed by atoms with Gasteiger partial charge >= 0.3 is 0 Å². The SMILES string of the molecule is CC(CNC1CC1)NCC(C)n1cccn1. The van der Waals surface area contributed by atoms with Gasteiger partial charge < -0.3 is 10.6 Å². The lowest BCUT2D eigenvalue weighted by molar-refractivity contribution is 0.413. The van der Waals surface area contributed by atoms with E-state index in [0.717, 1.165) is 19.1 Å². The van der Waals surface area contributed by atoms with Crippen LogP contribution in [0.1, 0.15) is 32.7 Å². The van der Waals surface area contributed by atoms with Crippen molar-refractivity contribution < 1.29 is 0 Å². The molecule has 2 rings (SSSR count). The minimum Gasteiger partial charge on any atom is -0.312 e. The van der Waals surface area contributed by atoms with Crippen LogP contribution in [0.25, 0.3) is 0 Å². The number of hydrogen-bond donors (Lipinski definition) is 2. The summed E-state index contributed by atoms with van der Waals surface area (Å²) in [5, 5.41) is 11.3. The summed E-state index contributed by atoms with van der Waals surface area (Å²) in [6, 6.07) is 3.71. The molecule has 1 aliphatic carbocycles. The summed E-state index contributed by atoms with van der Waals surface area (Å²) in [5.74, 6) is 0. The summed E-state index contributed by atoms with van der Waals surface area (Å²) in [4.78, 5) is 0. The molecule has 1 aromatic rings. The Morgan fingerprint density at radius 1 is 1.38 bits per heavy atom. The average Bonchev–Trinajstić information content (AvgIpc) is 2.95. The van der Waals surface area contributed by atoms with Crippen LogP contribution in [-0.2, 0) is 0 Å². The first-order valence-electron chi connectivity index (χ1n) is 6.21. The van der Waals surface area contributed by atoms with E-state index >= 15 is 0 Å². The van der Waals surface area contributed by atoms with Crippen molar-refractivity contribution in [3.63, 3.8) is 0 Å². The predicted octanol–water partition coefficient (Wildman–Crippen LogP) is 1.17. The normalized spacial score (nSPS) is 19.6. The Morgan fingerprint density at radius 2 is 2.19 bits per heavy atom. The molecule has 0 amide bonds. The van der Waals surface area contributed by atoms with E-state index in [1.54, 1.807) is 0 Å². The highest BCUT2D eigenvalue weighted by Gasteiger charge is 2.20. The van der Waals surface area contributed by atoms with E-state index < -0.39 is 0 Å². The lowest BCUT2D eigenvalue weighted by atomic mass is 10.3. The van der Waals surface area contributed by atoms with Gasteiger partial charge in [-0.2, -0.15) is 5.10 Å². The van der Waals surface area contributed by atoms with Gasteiger partial charge in [-0.15, -0.1) is 0 Å². The summed E-state index contributed by atoms with van der Waals surface area (Å²) in [5.41, 5.74) is 0. The van der Waals surface area contributed by atoms with Crippen molar-refractivity contribution in [2.75, 3.05) is 13.1 Å². The van der Waals surface area contributed by atoms with Gasteiger partial charge in [0.2, 0.25) is 0 Å². The fourth-order valence-corrected chi connectivity index (χ4v) is 1.71. The molecule has 90 valence electrons. The second-order valence-electron chi connectivity index (χ2n) is 4.83. The zero-order valence-corrected chi connectivity index (χ0v) is 10.2.